The average molecular weight is 243 g/mol. The van der Waals surface area contributed by atoms with Gasteiger partial charge in [0.15, 0.2) is 0 Å². The van der Waals surface area contributed by atoms with E-state index in [1.54, 1.807) is 14.2 Å². The molecule has 0 fully saturated rings. The molecule has 0 radical (unpaired) electrons. The standard InChI is InChI=1S/C14H13NO3/c1-17-13-7-10(8-15-9-16)14(18-2)12-6-4-3-5-11(12)13/h3-7H,8H2,1-2H3. The molecule has 0 spiro atoms. The van der Waals surface area contributed by atoms with Crippen molar-refractivity contribution in [3.8, 4) is 11.5 Å². The quantitative estimate of drug-likeness (QED) is 0.612. The summed E-state index contributed by atoms with van der Waals surface area (Å²) in [4.78, 5) is 13.8. The predicted molar refractivity (Wildman–Crippen MR) is 68.9 cm³/mol. The van der Waals surface area contributed by atoms with E-state index in [1.165, 1.54) is 6.08 Å². The molecule has 0 aliphatic heterocycles. The summed E-state index contributed by atoms with van der Waals surface area (Å²) in [6.07, 6.45) is 1.53. The predicted octanol–water partition coefficient (Wildman–Crippen LogP) is 2.69. The fraction of sp³-hybridized carbons (Fsp3) is 0.214. The Morgan fingerprint density at radius 3 is 2.50 bits per heavy atom. The summed E-state index contributed by atoms with van der Waals surface area (Å²) in [5.41, 5.74) is 0.802. The van der Waals surface area contributed by atoms with E-state index in [9.17, 15) is 4.79 Å². The van der Waals surface area contributed by atoms with E-state index in [4.69, 9.17) is 9.47 Å². The third-order valence-electron chi connectivity index (χ3n) is 2.77. The Bertz CT molecular complexity index is 616. The normalized spacial score (nSPS) is 9.89. The first kappa shape index (κ1) is 12.1. The van der Waals surface area contributed by atoms with Crippen LogP contribution in [0.15, 0.2) is 35.3 Å². The van der Waals surface area contributed by atoms with Crippen molar-refractivity contribution in [2.24, 2.45) is 4.99 Å². The molecule has 0 saturated carbocycles. The van der Waals surface area contributed by atoms with Crippen LogP contribution in [-0.2, 0) is 11.3 Å². The summed E-state index contributed by atoms with van der Waals surface area (Å²) in [7, 11) is 3.21. The lowest BCUT2D eigenvalue weighted by molar-refractivity contribution is 0.406. The second-order valence-corrected chi connectivity index (χ2v) is 3.72. The molecule has 92 valence electrons. The third kappa shape index (κ3) is 2.06. The maximum absolute atomic E-state index is 10.2. The van der Waals surface area contributed by atoms with Crippen molar-refractivity contribution < 1.29 is 14.3 Å². The lowest BCUT2D eigenvalue weighted by Gasteiger charge is -2.13. The number of methoxy groups -OCH3 is 2. The molecule has 0 aliphatic carbocycles. The van der Waals surface area contributed by atoms with E-state index < -0.39 is 0 Å². The Morgan fingerprint density at radius 1 is 1.17 bits per heavy atom. The molecule has 4 heteroatoms. The number of benzene rings is 2. The molecule has 0 atom stereocenters. The number of carbonyl (C=O) groups excluding carboxylic acids is 1. The zero-order valence-electron chi connectivity index (χ0n) is 10.3. The SMILES string of the molecule is COc1cc(CN=C=O)c(OC)c2ccccc12. The van der Waals surface area contributed by atoms with Crippen LogP contribution in [0.2, 0.25) is 0 Å². The minimum Gasteiger partial charge on any atom is -0.496 e. The van der Waals surface area contributed by atoms with Gasteiger partial charge in [-0.15, -0.1) is 0 Å². The molecule has 0 saturated heterocycles. The second kappa shape index (κ2) is 5.34. The Hall–Kier alpha value is -2.32. The highest BCUT2D eigenvalue weighted by molar-refractivity contribution is 5.94. The highest BCUT2D eigenvalue weighted by Crippen LogP contribution is 2.36. The molecule has 0 aliphatic rings. The first-order chi connectivity index (χ1) is 8.81. The van der Waals surface area contributed by atoms with Crippen LogP contribution in [0, 0.1) is 0 Å². The molecular weight excluding hydrogens is 230 g/mol. The Morgan fingerprint density at radius 2 is 1.89 bits per heavy atom. The fourth-order valence-electron chi connectivity index (χ4n) is 2.02. The van der Waals surface area contributed by atoms with Crippen molar-refractivity contribution in [1.29, 1.82) is 0 Å². The van der Waals surface area contributed by atoms with Gasteiger partial charge >= 0.3 is 0 Å². The van der Waals surface area contributed by atoms with Crippen LogP contribution in [0.3, 0.4) is 0 Å². The van der Waals surface area contributed by atoms with Gasteiger partial charge in [0.05, 0.1) is 20.8 Å². The molecule has 0 amide bonds. The van der Waals surface area contributed by atoms with E-state index in [1.807, 2.05) is 30.3 Å². The van der Waals surface area contributed by atoms with Crippen LogP contribution < -0.4 is 9.47 Å². The van der Waals surface area contributed by atoms with Crippen LogP contribution in [0.5, 0.6) is 11.5 Å². The van der Waals surface area contributed by atoms with Crippen molar-refractivity contribution >= 4 is 16.9 Å². The molecule has 0 heterocycles. The molecule has 18 heavy (non-hydrogen) atoms. The van der Waals surface area contributed by atoms with Gasteiger partial charge in [0.2, 0.25) is 6.08 Å². The Balaban J connectivity index is 2.74. The number of ether oxygens (including phenoxy) is 2. The lowest BCUT2D eigenvalue weighted by Crippen LogP contribution is -1.95. The van der Waals surface area contributed by atoms with Crippen molar-refractivity contribution in [2.75, 3.05) is 14.2 Å². The summed E-state index contributed by atoms with van der Waals surface area (Å²) in [5.74, 6) is 1.45. The number of hydrogen-bond acceptors (Lipinski definition) is 4. The topological polar surface area (TPSA) is 47.9 Å². The number of nitrogens with zero attached hydrogens (tertiary/aromatic N) is 1. The number of hydrogen-bond donors (Lipinski definition) is 0. The second-order valence-electron chi connectivity index (χ2n) is 3.72. The number of fused-ring (bicyclic) bond motifs is 1. The highest BCUT2D eigenvalue weighted by atomic mass is 16.5. The third-order valence-corrected chi connectivity index (χ3v) is 2.77. The van der Waals surface area contributed by atoms with Gasteiger partial charge in [0.25, 0.3) is 0 Å². The van der Waals surface area contributed by atoms with Gasteiger partial charge in [-0.25, -0.2) is 9.79 Å². The molecule has 2 aromatic rings. The zero-order valence-corrected chi connectivity index (χ0v) is 10.3. The summed E-state index contributed by atoms with van der Waals surface area (Å²) >= 11 is 0. The molecule has 4 nitrogen and oxygen atoms in total. The van der Waals surface area contributed by atoms with Gasteiger partial charge in [0.1, 0.15) is 11.5 Å². The average Bonchev–Trinajstić information content (AvgIpc) is 2.43. The maximum Gasteiger partial charge on any atom is 0.235 e. The molecule has 2 aromatic carbocycles. The van der Waals surface area contributed by atoms with E-state index in [0.717, 1.165) is 22.1 Å². The van der Waals surface area contributed by atoms with E-state index in [2.05, 4.69) is 4.99 Å². The molecule has 0 bridgehead atoms. The summed E-state index contributed by atoms with van der Waals surface area (Å²) in [6.45, 7) is 0.230. The lowest BCUT2D eigenvalue weighted by atomic mass is 10.0. The van der Waals surface area contributed by atoms with E-state index in [0.29, 0.717) is 5.75 Å². The zero-order chi connectivity index (χ0) is 13.0. The highest BCUT2D eigenvalue weighted by Gasteiger charge is 2.12. The van der Waals surface area contributed by atoms with Gasteiger partial charge in [-0.3, -0.25) is 0 Å². The largest absolute Gasteiger partial charge is 0.496 e. The Labute approximate surface area is 105 Å². The minimum absolute atomic E-state index is 0.230. The van der Waals surface area contributed by atoms with E-state index >= 15 is 0 Å². The molecule has 0 unspecified atom stereocenters. The van der Waals surface area contributed by atoms with Crippen molar-refractivity contribution in [1.82, 2.24) is 0 Å². The summed E-state index contributed by atoms with van der Waals surface area (Å²) in [6, 6.07) is 9.61. The van der Waals surface area contributed by atoms with E-state index in [-0.39, 0.29) is 6.54 Å². The van der Waals surface area contributed by atoms with Gasteiger partial charge in [0, 0.05) is 16.3 Å². The summed E-state index contributed by atoms with van der Waals surface area (Å²) in [5, 5.41) is 1.91. The number of aliphatic imine (C=N–C) groups is 1. The van der Waals surface area contributed by atoms with Gasteiger partial charge in [-0.1, -0.05) is 24.3 Å². The smallest absolute Gasteiger partial charge is 0.235 e. The first-order valence-corrected chi connectivity index (χ1v) is 5.48. The number of isocyanates is 1. The maximum atomic E-state index is 10.2. The van der Waals surface area contributed by atoms with Crippen molar-refractivity contribution in [3.63, 3.8) is 0 Å². The van der Waals surface area contributed by atoms with Crippen LogP contribution in [-0.4, -0.2) is 20.3 Å². The van der Waals surface area contributed by atoms with Gasteiger partial charge in [-0.2, -0.15) is 0 Å². The van der Waals surface area contributed by atoms with Crippen LogP contribution in [0.25, 0.3) is 10.8 Å². The van der Waals surface area contributed by atoms with Crippen LogP contribution >= 0.6 is 0 Å². The fourth-order valence-corrected chi connectivity index (χ4v) is 2.02. The van der Waals surface area contributed by atoms with Crippen LogP contribution in [0.4, 0.5) is 0 Å². The first-order valence-electron chi connectivity index (χ1n) is 5.48. The van der Waals surface area contributed by atoms with Gasteiger partial charge < -0.3 is 9.47 Å². The van der Waals surface area contributed by atoms with Gasteiger partial charge in [-0.05, 0) is 6.07 Å². The van der Waals surface area contributed by atoms with Crippen molar-refractivity contribution in [2.45, 2.75) is 6.54 Å². The van der Waals surface area contributed by atoms with Crippen molar-refractivity contribution in [3.05, 3.63) is 35.9 Å². The number of rotatable bonds is 4. The molecular formula is C14H13NO3. The molecule has 2 rings (SSSR count). The van der Waals surface area contributed by atoms with Crippen LogP contribution in [0.1, 0.15) is 5.56 Å². The monoisotopic (exact) mass is 243 g/mol. The minimum atomic E-state index is 0.230. The molecule has 0 aromatic heterocycles. The summed E-state index contributed by atoms with van der Waals surface area (Å²) < 4.78 is 10.8. The molecule has 0 N–H and O–H groups in total. The Kier molecular flexibility index (Phi) is 3.60.